The molecule has 1 N–H and O–H groups in total. The Bertz CT molecular complexity index is 402. The van der Waals surface area contributed by atoms with Crippen molar-refractivity contribution in [1.29, 1.82) is 0 Å². The van der Waals surface area contributed by atoms with E-state index >= 15 is 0 Å². The first-order valence-corrected chi connectivity index (χ1v) is 5.77. The molecule has 0 aromatic carbocycles. The summed E-state index contributed by atoms with van der Waals surface area (Å²) in [6, 6.07) is 1.49. The number of nitrogens with zero attached hydrogens (tertiary/aromatic N) is 3. The zero-order valence-electron chi connectivity index (χ0n) is 9.80. The number of rotatable bonds is 4. The maximum Gasteiger partial charge on any atom is 0.243 e. The average Bonchev–Trinajstić information content (AvgIpc) is 2.83. The summed E-state index contributed by atoms with van der Waals surface area (Å²) in [6.45, 7) is 3.15. The van der Waals surface area contributed by atoms with Crippen LogP contribution in [0.1, 0.15) is 13.3 Å². The van der Waals surface area contributed by atoms with Gasteiger partial charge in [0.15, 0.2) is 0 Å². The number of carbonyl (C=O) groups is 2. The van der Waals surface area contributed by atoms with Gasteiger partial charge in [-0.05, 0) is 12.5 Å². The minimum absolute atomic E-state index is 0.0244. The normalized spacial score (nSPS) is 20.5. The van der Waals surface area contributed by atoms with Crippen LogP contribution in [0.25, 0.3) is 0 Å². The minimum Gasteiger partial charge on any atom is -0.345 e. The molecule has 2 amide bonds. The van der Waals surface area contributed by atoms with Crippen LogP contribution < -0.4 is 5.32 Å². The van der Waals surface area contributed by atoms with E-state index in [1.54, 1.807) is 15.8 Å². The Morgan fingerprint density at radius 2 is 2.29 bits per heavy atom. The van der Waals surface area contributed by atoms with Crippen molar-refractivity contribution in [2.45, 2.75) is 25.9 Å². The smallest absolute Gasteiger partial charge is 0.243 e. The topological polar surface area (TPSA) is 67.2 Å². The van der Waals surface area contributed by atoms with Crippen molar-refractivity contribution in [2.24, 2.45) is 0 Å². The molecule has 2 heterocycles. The van der Waals surface area contributed by atoms with E-state index in [1.165, 1.54) is 0 Å². The summed E-state index contributed by atoms with van der Waals surface area (Å²) in [7, 11) is 0. The SMILES string of the molecule is CCC1C(=O)NCC(=O)N1CCn1cccn1. The lowest BCUT2D eigenvalue weighted by Crippen LogP contribution is -2.58. The summed E-state index contributed by atoms with van der Waals surface area (Å²) >= 11 is 0. The lowest BCUT2D eigenvalue weighted by atomic mass is 10.1. The highest BCUT2D eigenvalue weighted by molar-refractivity contribution is 5.94. The van der Waals surface area contributed by atoms with Crippen LogP contribution in [-0.4, -0.2) is 45.6 Å². The minimum atomic E-state index is -0.341. The quantitative estimate of drug-likeness (QED) is 0.775. The van der Waals surface area contributed by atoms with Gasteiger partial charge in [-0.15, -0.1) is 0 Å². The maximum atomic E-state index is 11.8. The van der Waals surface area contributed by atoms with E-state index in [0.717, 1.165) is 0 Å². The standard InChI is InChI=1S/C11H16N4O2/c1-2-9-11(17)12-8-10(16)15(9)7-6-14-5-3-4-13-14/h3-5,9H,2,6-8H2,1H3,(H,12,17). The molecule has 17 heavy (non-hydrogen) atoms. The van der Waals surface area contributed by atoms with E-state index in [4.69, 9.17) is 0 Å². The Balaban J connectivity index is 2.00. The predicted molar refractivity (Wildman–Crippen MR) is 61.0 cm³/mol. The molecule has 92 valence electrons. The highest BCUT2D eigenvalue weighted by Gasteiger charge is 2.32. The van der Waals surface area contributed by atoms with E-state index in [-0.39, 0.29) is 24.4 Å². The van der Waals surface area contributed by atoms with Gasteiger partial charge < -0.3 is 10.2 Å². The van der Waals surface area contributed by atoms with E-state index in [2.05, 4.69) is 10.4 Å². The molecule has 6 heteroatoms. The van der Waals surface area contributed by atoms with E-state index in [1.807, 2.05) is 19.2 Å². The second-order valence-electron chi connectivity index (χ2n) is 4.00. The Labute approximate surface area is 99.6 Å². The molecule has 2 rings (SSSR count). The van der Waals surface area contributed by atoms with Gasteiger partial charge in [0, 0.05) is 18.9 Å². The predicted octanol–water partition coefficient (Wildman–Crippen LogP) is -0.380. The van der Waals surface area contributed by atoms with E-state index in [0.29, 0.717) is 19.5 Å². The van der Waals surface area contributed by atoms with Crippen LogP contribution >= 0.6 is 0 Å². The van der Waals surface area contributed by atoms with Crippen LogP contribution in [0.5, 0.6) is 0 Å². The number of hydrogen-bond acceptors (Lipinski definition) is 3. The lowest BCUT2D eigenvalue weighted by molar-refractivity contribution is -0.145. The zero-order valence-corrected chi connectivity index (χ0v) is 9.80. The number of nitrogens with one attached hydrogen (secondary N) is 1. The van der Waals surface area contributed by atoms with Crippen molar-refractivity contribution in [3.8, 4) is 0 Å². The number of carbonyl (C=O) groups excluding carboxylic acids is 2. The highest BCUT2D eigenvalue weighted by Crippen LogP contribution is 2.09. The fraction of sp³-hybridized carbons (Fsp3) is 0.545. The number of hydrogen-bond donors (Lipinski definition) is 1. The maximum absolute atomic E-state index is 11.8. The van der Waals surface area contributed by atoms with Gasteiger partial charge in [-0.1, -0.05) is 6.92 Å². The zero-order chi connectivity index (χ0) is 12.3. The highest BCUT2D eigenvalue weighted by atomic mass is 16.2. The van der Waals surface area contributed by atoms with Gasteiger partial charge in [0.2, 0.25) is 11.8 Å². The van der Waals surface area contributed by atoms with Gasteiger partial charge in [0.1, 0.15) is 6.04 Å². The third-order valence-electron chi connectivity index (χ3n) is 2.93. The largest absolute Gasteiger partial charge is 0.345 e. The molecule has 6 nitrogen and oxygen atoms in total. The molecule has 1 unspecified atom stereocenters. The molecule has 1 atom stereocenters. The van der Waals surface area contributed by atoms with Crippen LogP contribution in [0.4, 0.5) is 0 Å². The van der Waals surface area contributed by atoms with Crippen LogP contribution in [0.2, 0.25) is 0 Å². The average molecular weight is 236 g/mol. The van der Waals surface area contributed by atoms with Crippen molar-refractivity contribution in [1.82, 2.24) is 20.0 Å². The molecule has 0 radical (unpaired) electrons. The Morgan fingerprint density at radius 3 is 2.94 bits per heavy atom. The van der Waals surface area contributed by atoms with Gasteiger partial charge in [-0.2, -0.15) is 5.10 Å². The molecule has 0 saturated carbocycles. The lowest BCUT2D eigenvalue weighted by Gasteiger charge is -2.34. The van der Waals surface area contributed by atoms with Crippen molar-refractivity contribution in [3.05, 3.63) is 18.5 Å². The summed E-state index contributed by atoms with van der Waals surface area (Å²) in [5.41, 5.74) is 0. The first kappa shape index (κ1) is 11.6. The fourth-order valence-electron chi connectivity index (χ4n) is 2.03. The Hall–Kier alpha value is -1.85. The first-order chi connectivity index (χ1) is 8.22. The van der Waals surface area contributed by atoms with Crippen molar-refractivity contribution in [2.75, 3.05) is 13.1 Å². The Morgan fingerprint density at radius 1 is 1.47 bits per heavy atom. The first-order valence-electron chi connectivity index (χ1n) is 5.77. The third-order valence-corrected chi connectivity index (χ3v) is 2.93. The molecule has 1 aromatic heterocycles. The molecule has 1 fully saturated rings. The van der Waals surface area contributed by atoms with Crippen LogP contribution in [0, 0.1) is 0 Å². The second kappa shape index (κ2) is 4.99. The van der Waals surface area contributed by atoms with Crippen LogP contribution in [-0.2, 0) is 16.1 Å². The Kier molecular flexibility index (Phi) is 3.41. The van der Waals surface area contributed by atoms with Crippen LogP contribution in [0.3, 0.4) is 0 Å². The molecule has 0 bridgehead atoms. The summed E-state index contributed by atoms with van der Waals surface area (Å²) in [5, 5.41) is 6.68. The van der Waals surface area contributed by atoms with Gasteiger partial charge >= 0.3 is 0 Å². The summed E-state index contributed by atoms with van der Waals surface area (Å²) in [5.74, 6) is -0.0869. The van der Waals surface area contributed by atoms with Crippen molar-refractivity contribution >= 4 is 11.8 Å². The number of aromatic nitrogens is 2. The summed E-state index contributed by atoms with van der Waals surface area (Å²) in [6.07, 6.45) is 4.17. The van der Waals surface area contributed by atoms with Gasteiger partial charge in [-0.3, -0.25) is 14.3 Å². The number of amides is 2. The molecule has 0 aliphatic carbocycles. The molecule has 0 spiro atoms. The fourth-order valence-corrected chi connectivity index (χ4v) is 2.03. The molecule has 1 aliphatic rings. The molecular formula is C11H16N4O2. The second-order valence-corrected chi connectivity index (χ2v) is 4.00. The molecule has 1 aliphatic heterocycles. The summed E-state index contributed by atoms with van der Waals surface area (Å²) in [4.78, 5) is 25.0. The van der Waals surface area contributed by atoms with Crippen LogP contribution in [0.15, 0.2) is 18.5 Å². The molecule has 1 saturated heterocycles. The van der Waals surface area contributed by atoms with Crippen molar-refractivity contribution < 1.29 is 9.59 Å². The molecule has 1 aromatic rings. The van der Waals surface area contributed by atoms with E-state index in [9.17, 15) is 9.59 Å². The number of piperazine rings is 1. The monoisotopic (exact) mass is 236 g/mol. The van der Waals surface area contributed by atoms with Crippen molar-refractivity contribution in [3.63, 3.8) is 0 Å². The van der Waals surface area contributed by atoms with E-state index < -0.39 is 0 Å². The van der Waals surface area contributed by atoms with Gasteiger partial charge in [0.25, 0.3) is 0 Å². The van der Waals surface area contributed by atoms with Gasteiger partial charge in [0.05, 0.1) is 13.1 Å². The van der Waals surface area contributed by atoms with Gasteiger partial charge in [-0.25, -0.2) is 0 Å². The third kappa shape index (κ3) is 2.46. The summed E-state index contributed by atoms with van der Waals surface area (Å²) < 4.78 is 1.76. The molecular weight excluding hydrogens is 220 g/mol.